The molecule has 0 aromatic heterocycles. The van der Waals surface area contributed by atoms with Gasteiger partial charge in [-0.05, 0) is 11.5 Å². The van der Waals surface area contributed by atoms with Gasteiger partial charge < -0.3 is 15.0 Å². The number of nitrogens with zero attached hydrogens (tertiary/aromatic N) is 1. The number of hydrogen-bond donors (Lipinski definition) is 1. The van der Waals surface area contributed by atoms with Gasteiger partial charge >= 0.3 is 0 Å². The molecule has 0 aliphatic carbocycles. The van der Waals surface area contributed by atoms with Crippen molar-refractivity contribution in [3.63, 3.8) is 0 Å². The molecule has 0 spiro atoms. The molecule has 3 rings (SSSR count). The lowest BCUT2D eigenvalue weighted by atomic mass is 9.69. The molecule has 2 aliphatic rings. The molecule has 2 heterocycles. The van der Waals surface area contributed by atoms with Crippen molar-refractivity contribution in [2.45, 2.75) is 12.3 Å². The Morgan fingerprint density at radius 2 is 1.89 bits per heavy atom. The predicted octanol–water partition coefficient (Wildman–Crippen LogP) is 1.50. The first-order chi connectivity index (χ1) is 9.31. The quantitative estimate of drug-likeness (QED) is 0.888. The van der Waals surface area contributed by atoms with Gasteiger partial charge in [0.25, 0.3) is 0 Å². The smallest absolute Gasteiger partial charge is 0.0588 e. The minimum absolute atomic E-state index is 0.242. The molecule has 104 valence electrons. The Morgan fingerprint density at radius 3 is 2.47 bits per heavy atom. The van der Waals surface area contributed by atoms with Crippen molar-refractivity contribution in [2.75, 3.05) is 45.9 Å². The lowest BCUT2D eigenvalue weighted by Crippen LogP contribution is -2.56. The molecule has 3 nitrogen and oxygen atoms in total. The van der Waals surface area contributed by atoms with Gasteiger partial charge in [0.1, 0.15) is 0 Å². The Balaban J connectivity index is 1.71. The number of piperazine rings is 1. The average molecular weight is 260 g/mol. The van der Waals surface area contributed by atoms with Gasteiger partial charge in [0, 0.05) is 38.1 Å². The summed E-state index contributed by atoms with van der Waals surface area (Å²) in [5, 5.41) is 3.42. The first-order valence-corrected chi connectivity index (χ1v) is 7.38. The second-order valence-corrected chi connectivity index (χ2v) is 5.97. The van der Waals surface area contributed by atoms with Crippen LogP contribution in [0.4, 0.5) is 0 Å². The van der Waals surface area contributed by atoms with Crippen LogP contribution < -0.4 is 5.32 Å². The molecule has 2 aliphatic heterocycles. The molecule has 2 fully saturated rings. The average Bonchev–Trinajstić information content (AvgIpc) is 2.40. The Bertz CT molecular complexity index is 396. The first kappa shape index (κ1) is 13.1. The Hall–Kier alpha value is -0.900. The fourth-order valence-electron chi connectivity index (χ4n) is 3.28. The summed E-state index contributed by atoms with van der Waals surface area (Å²) in [4.78, 5) is 2.59. The molecular formula is C16H24N2O. The standard InChI is InChI=1S/C16H24N2O/c1-14(11-18-9-7-17-8-10-18)16(12-19-13-16)15-5-3-2-4-6-15/h2-6,14,17H,7-13H2,1H3. The molecule has 1 aromatic carbocycles. The molecule has 1 N–H and O–H groups in total. The molecule has 0 bridgehead atoms. The van der Waals surface area contributed by atoms with E-state index in [9.17, 15) is 0 Å². The normalized spacial score (nSPS) is 24.7. The minimum Gasteiger partial charge on any atom is -0.379 e. The number of ether oxygens (including phenoxy) is 1. The third-order valence-corrected chi connectivity index (χ3v) is 4.75. The second kappa shape index (κ2) is 5.61. The summed E-state index contributed by atoms with van der Waals surface area (Å²) in [5.74, 6) is 0.641. The number of hydrogen-bond acceptors (Lipinski definition) is 3. The Morgan fingerprint density at radius 1 is 1.21 bits per heavy atom. The third kappa shape index (κ3) is 2.55. The van der Waals surface area contributed by atoms with Crippen molar-refractivity contribution in [3.05, 3.63) is 35.9 Å². The zero-order chi connectivity index (χ0) is 13.1. The van der Waals surface area contributed by atoms with Crippen LogP contribution in [-0.4, -0.2) is 50.8 Å². The maximum atomic E-state index is 5.57. The van der Waals surface area contributed by atoms with E-state index in [0.29, 0.717) is 5.92 Å². The first-order valence-electron chi connectivity index (χ1n) is 7.38. The minimum atomic E-state index is 0.242. The summed E-state index contributed by atoms with van der Waals surface area (Å²) in [6.07, 6.45) is 0. The van der Waals surface area contributed by atoms with Crippen LogP contribution in [0.2, 0.25) is 0 Å². The highest BCUT2D eigenvalue weighted by atomic mass is 16.5. The summed E-state index contributed by atoms with van der Waals surface area (Å²) < 4.78 is 5.57. The summed E-state index contributed by atoms with van der Waals surface area (Å²) in [5.41, 5.74) is 1.69. The van der Waals surface area contributed by atoms with Gasteiger partial charge in [0.05, 0.1) is 13.2 Å². The number of nitrogens with one attached hydrogen (secondary N) is 1. The van der Waals surface area contributed by atoms with Gasteiger partial charge in [0.15, 0.2) is 0 Å². The molecule has 19 heavy (non-hydrogen) atoms. The SMILES string of the molecule is CC(CN1CCNCC1)C1(c2ccccc2)COC1. The van der Waals surface area contributed by atoms with E-state index in [-0.39, 0.29) is 5.41 Å². The van der Waals surface area contributed by atoms with Crippen LogP contribution >= 0.6 is 0 Å². The van der Waals surface area contributed by atoms with E-state index in [1.54, 1.807) is 0 Å². The maximum Gasteiger partial charge on any atom is 0.0588 e. The molecule has 0 saturated carbocycles. The monoisotopic (exact) mass is 260 g/mol. The zero-order valence-electron chi connectivity index (χ0n) is 11.8. The molecule has 3 heteroatoms. The van der Waals surface area contributed by atoms with Crippen molar-refractivity contribution in [1.29, 1.82) is 0 Å². The highest BCUT2D eigenvalue weighted by molar-refractivity contribution is 5.29. The number of rotatable bonds is 4. The molecule has 0 radical (unpaired) electrons. The fraction of sp³-hybridized carbons (Fsp3) is 0.625. The molecule has 1 aromatic rings. The highest BCUT2D eigenvalue weighted by Crippen LogP contribution is 2.39. The summed E-state index contributed by atoms with van der Waals surface area (Å²) in [6.45, 7) is 9.93. The summed E-state index contributed by atoms with van der Waals surface area (Å²) in [7, 11) is 0. The van der Waals surface area contributed by atoms with Gasteiger partial charge in [-0.2, -0.15) is 0 Å². The molecule has 0 amide bonds. The van der Waals surface area contributed by atoms with E-state index in [4.69, 9.17) is 4.74 Å². The largest absolute Gasteiger partial charge is 0.379 e. The fourth-order valence-corrected chi connectivity index (χ4v) is 3.28. The highest BCUT2D eigenvalue weighted by Gasteiger charge is 2.45. The molecular weight excluding hydrogens is 236 g/mol. The zero-order valence-corrected chi connectivity index (χ0v) is 11.8. The van der Waals surface area contributed by atoms with Crippen LogP contribution in [-0.2, 0) is 10.2 Å². The van der Waals surface area contributed by atoms with Crippen molar-refractivity contribution >= 4 is 0 Å². The van der Waals surface area contributed by atoms with Gasteiger partial charge in [0.2, 0.25) is 0 Å². The van der Waals surface area contributed by atoms with Gasteiger partial charge in [-0.3, -0.25) is 0 Å². The van der Waals surface area contributed by atoms with Crippen LogP contribution in [0.25, 0.3) is 0 Å². The Labute approximate surface area is 115 Å². The summed E-state index contributed by atoms with van der Waals surface area (Å²) >= 11 is 0. The van der Waals surface area contributed by atoms with Gasteiger partial charge in [-0.1, -0.05) is 37.3 Å². The van der Waals surface area contributed by atoms with Gasteiger partial charge in [-0.15, -0.1) is 0 Å². The lowest BCUT2D eigenvalue weighted by molar-refractivity contribution is -0.0926. The van der Waals surface area contributed by atoms with Crippen molar-refractivity contribution in [3.8, 4) is 0 Å². The van der Waals surface area contributed by atoms with Crippen LogP contribution in [0.1, 0.15) is 12.5 Å². The third-order valence-electron chi connectivity index (χ3n) is 4.75. The van der Waals surface area contributed by atoms with Crippen molar-refractivity contribution in [2.24, 2.45) is 5.92 Å². The van der Waals surface area contributed by atoms with E-state index < -0.39 is 0 Å². The van der Waals surface area contributed by atoms with E-state index in [1.165, 1.54) is 25.2 Å². The predicted molar refractivity (Wildman–Crippen MR) is 77.4 cm³/mol. The summed E-state index contributed by atoms with van der Waals surface area (Å²) in [6, 6.07) is 10.9. The molecule has 1 atom stereocenters. The van der Waals surface area contributed by atoms with E-state index >= 15 is 0 Å². The lowest BCUT2D eigenvalue weighted by Gasteiger charge is -2.48. The van der Waals surface area contributed by atoms with E-state index in [2.05, 4.69) is 47.5 Å². The molecule has 1 unspecified atom stereocenters. The second-order valence-electron chi connectivity index (χ2n) is 5.97. The van der Waals surface area contributed by atoms with Crippen molar-refractivity contribution < 1.29 is 4.74 Å². The molecule has 2 saturated heterocycles. The Kier molecular flexibility index (Phi) is 3.87. The van der Waals surface area contributed by atoms with Crippen LogP contribution in [0.15, 0.2) is 30.3 Å². The van der Waals surface area contributed by atoms with Crippen LogP contribution in [0.3, 0.4) is 0 Å². The van der Waals surface area contributed by atoms with Crippen LogP contribution in [0, 0.1) is 5.92 Å². The van der Waals surface area contributed by atoms with E-state index in [1.807, 2.05) is 0 Å². The van der Waals surface area contributed by atoms with Crippen LogP contribution in [0.5, 0.6) is 0 Å². The van der Waals surface area contributed by atoms with Gasteiger partial charge in [-0.25, -0.2) is 0 Å². The van der Waals surface area contributed by atoms with E-state index in [0.717, 1.165) is 26.3 Å². The topological polar surface area (TPSA) is 24.5 Å². The van der Waals surface area contributed by atoms with Crippen molar-refractivity contribution in [1.82, 2.24) is 10.2 Å². The number of benzene rings is 1. The maximum absolute atomic E-state index is 5.57.